The van der Waals surface area contributed by atoms with Crippen LogP contribution in [0.15, 0.2) is 309 Å². The van der Waals surface area contributed by atoms with Crippen molar-refractivity contribution in [2.24, 2.45) is 0 Å². The van der Waals surface area contributed by atoms with Crippen molar-refractivity contribution in [2.45, 2.75) is 56.3 Å². The summed E-state index contributed by atoms with van der Waals surface area (Å²) in [6.45, 7) is 6.86. The van der Waals surface area contributed by atoms with Gasteiger partial charge >= 0.3 is 0 Å². The first-order chi connectivity index (χ1) is 46.0. The molecule has 15 aromatic rings. The highest BCUT2D eigenvalue weighted by atomic mass is 14.6. The van der Waals surface area contributed by atoms with Gasteiger partial charge in [-0.1, -0.05) is 318 Å². The van der Waals surface area contributed by atoms with E-state index < -0.39 is 0 Å². The fourth-order valence-corrected chi connectivity index (χ4v) is 19.0. The first-order valence-electron chi connectivity index (χ1n) is 33.6. The molecule has 0 radical (unpaired) electrons. The fraction of sp³-hybridized carbons (Fsp3) is 0.0968. The number of rotatable bonds is 3. The smallest absolute Gasteiger partial charge is 0.0619 e. The summed E-state index contributed by atoms with van der Waals surface area (Å²) in [5, 5.41) is 7.97. The molecule has 0 N–H and O–H groups in total. The van der Waals surface area contributed by atoms with Gasteiger partial charge in [0.2, 0.25) is 0 Å². The predicted octanol–water partition coefficient (Wildman–Crippen LogP) is 23.2. The van der Waals surface area contributed by atoms with Crippen molar-refractivity contribution in [1.82, 2.24) is 0 Å². The first-order valence-corrected chi connectivity index (χ1v) is 33.6. The summed E-state index contributed by atoms with van der Waals surface area (Å²) < 4.78 is 0. The predicted molar refractivity (Wildman–Crippen MR) is 389 cm³/mol. The normalized spacial score (nSPS) is 14.4. The third kappa shape index (κ3) is 6.95. The standard InChI is InChI=1S/3C31H22/c1-2-20-11-9-15-25-26-19-18-21-10-3-4-12-22(21)30(26)31(29(20)25)27-16-7-5-13-23(27)24-14-6-8-17-28(24)31;1-2-20-11-9-15-25-29-22-12-4-3-10-21(22)18-19-28(29)31(30(20)25)26-16-7-5-13-23(26)24-14-6-8-17-27(24)31;1-2-20-12-9-15-25-26-18-21-10-3-4-11-22(21)19-29(26)31(30(20)25)27-16-7-5-13-23(27)24-14-6-8-17-28(24)31/h3*3-19H,2H2,1H3. The Morgan fingerprint density at radius 2 is 0.516 bits per heavy atom. The molecule has 3 spiro atoms. The highest BCUT2D eigenvalue weighted by Crippen LogP contribution is 2.68. The van der Waals surface area contributed by atoms with E-state index in [4.69, 9.17) is 0 Å². The van der Waals surface area contributed by atoms with E-state index in [9.17, 15) is 0 Å². The number of fused-ring (bicyclic) bond motifs is 35. The minimum absolute atomic E-state index is 0.242. The van der Waals surface area contributed by atoms with E-state index in [1.54, 1.807) is 0 Å². The Morgan fingerprint density at radius 3 is 1.00 bits per heavy atom. The van der Waals surface area contributed by atoms with Crippen LogP contribution in [0.5, 0.6) is 0 Å². The van der Waals surface area contributed by atoms with Crippen molar-refractivity contribution in [3.05, 3.63) is 393 Å². The average molecular weight is 1180 g/mol. The summed E-state index contributed by atoms with van der Waals surface area (Å²) in [7, 11) is 0. The minimum atomic E-state index is -0.259. The molecule has 0 nitrogen and oxygen atoms in total. The molecular weight excluding hydrogens is 1120 g/mol. The van der Waals surface area contributed by atoms with Crippen LogP contribution in [0.1, 0.15) is 104 Å². The second-order valence-corrected chi connectivity index (χ2v) is 26.3. The SMILES string of the molecule is CCc1cccc2c1C1(c3ccccc3-c3ccccc31)c1c-2ccc2ccccc12.CCc1cccc2c1C1(c3ccccc3-c3ccccc31)c1cc3ccccc3cc1-2.CCc1cccc2c1C1(c3ccccc3-c3ccccc31)c1ccc3ccccc3c1-2. The topological polar surface area (TPSA) is 0 Å². The monoisotopic (exact) mass is 1180 g/mol. The van der Waals surface area contributed by atoms with Gasteiger partial charge in [-0.3, -0.25) is 0 Å². The maximum atomic E-state index is 2.46. The van der Waals surface area contributed by atoms with Gasteiger partial charge in [-0.2, -0.15) is 0 Å². The quantitative estimate of drug-likeness (QED) is 0.165. The number of benzene rings is 15. The van der Waals surface area contributed by atoms with Gasteiger partial charge in [0.1, 0.15) is 0 Å². The van der Waals surface area contributed by atoms with Crippen LogP contribution in [0.3, 0.4) is 0 Å². The minimum Gasteiger partial charge on any atom is -0.0619 e. The highest BCUT2D eigenvalue weighted by molar-refractivity contribution is 6.08. The molecule has 0 saturated carbocycles. The molecule has 6 aliphatic carbocycles. The van der Waals surface area contributed by atoms with Gasteiger partial charge < -0.3 is 0 Å². The third-order valence-corrected chi connectivity index (χ3v) is 22.4. The number of hydrogen-bond acceptors (Lipinski definition) is 0. The van der Waals surface area contributed by atoms with Crippen molar-refractivity contribution in [3.63, 3.8) is 0 Å². The second-order valence-electron chi connectivity index (χ2n) is 26.3. The lowest BCUT2D eigenvalue weighted by atomic mass is 9.68. The number of aryl methyl sites for hydroxylation is 3. The molecule has 0 saturated heterocycles. The third-order valence-electron chi connectivity index (χ3n) is 22.4. The Morgan fingerprint density at radius 1 is 0.194 bits per heavy atom. The van der Waals surface area contributed by atoms with Crippen LogP contribution < -0.4 is 0 Å². The van der Waals surface area contributed by atoms with Crippen LogP contribution >= 0.6 is 0 Å². The lowest BCUT2D eigenvalue weighted by molar-refractivity contribution is 0.779. The molecule has 0 fully saturated rings. The lowest BCUT2D eigenvalue weighted by Gasteiger charge is -2.33. The molecule has 21 rings (SSSR count). The summed E-state index contributed by atoms with van der Waals surface area (Å²) >= 11 is 0. The van der Waals surface area contributed by atoms with Crippen molar-refractivity contribution in [2.75, 3.05) is 0 Å². The van der Waals surface area contributed by atoms with Crippen molar-refractivity contribution >= 4 is 32.3 Å². The molecule has 15 aromatic carbocycles. The Labute approximate surface area is 544 Å². The maximum absolute atomic E-state index is 2.46. The molecular formula is C93H66. The Bertz CT molecular complexity index is 5420. The summed E-state index contributed by atoms with van der Waals surface area (Å²) in [6.07, 6.45) is 3.09. The Kier molecular flexibility index (Phi) is 11.8. The van der Waals surface area contributed by atoms with Crippen LogP contribution in [0, 0.1) is 0 Å². The summed E-state index contributed by atoms with van der Waals surface area (Å²) in [4.78, 5) is 0. The highest BCUT2D eigenvalue weighted by Gasteiger charge is 2.56. The molecule has 0 heteroatoms. The van der Waals surface area contributed by atoms with Crippen molar-refractivity contribution in [3.8, 4) is 66.8 Å². The van der Waals surface area contributed by atoms with Gasteiger partial charge in [0.15, 0.2) is 0 Å². The van der Waals surface area contributed by atoms with Crippen LogP contribution in [0.2, 0.25) is 0 Å². The lowest BCUT2D eigenvalue weighted by Crippen LogP contribution is -2.27. The van der Waals surface area contributed by atoms with Gasteiger partial charge in [-0.25, -0.2) is 0 Å². The van der Waals surface area contributed by atoms with Crippen LogP contribution in [-0.4, -0.2) is 0 Å². The van der Waals surface area contributed by atoms with E-state index in [0.717, 1.165) is 19.3 Å². The number of hydrogen-bond donors (Lipinski definition) is 0. The molecule has 6 aliphatic rings. The van der Waals surface area contributed by atoms with Crippen LogP contribution in [0.25, 0.3) is 99.1 Å². The fourth-order valence-electron chi connectivity index (χ4n) is 19.0. The maximum Gasteiger partial charge on any atom is 0.0734 e. The largest absolute Gasteiger partial charge is 0.0734 e. The van der Waals surface area contributed by atoms with Gasteiger partial charge in [-0.05, 0) is 214 Å². The zero-order valence-corrected chi connectivity index (χ0v) is 52.6. The summed E-state index contributed by atoms with van der Waals surface area (Å²) in [5.41, 5.74) is 37.5. The molecule has 0 aromatic heterocycles. The molecule has 0 bridgehead atoms. The second kappa shape index (κ2) is 20.3. The zero-order valence-electron chi connectivity index (χ0n) is 52.6. The van der Waals surface area contributed by atoms with Crippen molar-refractivity contribution in [1.29, 1.82) is 0 Å². The van der Waals surface area contributed by atoms with E-state index >= 15 is 0 Å². The van der Waals surface area contributed by atoms with Gasteiger partial charge in [-0.15, -0.1) is 0 Å². The molecule has 0 unspecified atom stereocenters. The van der Waals surface area contributed by atoms with Crippen LogP contribution in [-0.2, 0) is 35.5 Å². The van der Waals surface area contributed by atoms with Gasteiger partial charge in [0.05, 0.1) is 16.2 Å². The van der Waals surface area contributed by atoms with E-state index in [2.05, 4.69) is 330 Å². The zero-order chi connectivity index (χ0) is 61.7. The molecule has 0 aliphatic heterocycles. The molecule has 0 atom stereocenters. The molecule has 0 amide bonds. The van der Waals surface area contributed by atoms with E-state index in [-0.39, 0.29) is 16.2 Å². The van der Waals surface area contributed by atoms with E-state index in [0.29, 0.717) is 0 Å². The Hall–Kier alpha value is -10.9. The molecule has 438 valence electrons. The molecule has 0 heterocycles. The van der Waals surface area contributed by atoms with E-state index in [1.165, 1.54) is 183 Å². The summed E-state index contributed by atoms with van der Waals surface area (Å²) in [6, 6.07) is 116. The van der Waals surface area contributed by atoms with Gasteiger partial charge in [0.25, 0.3) is 0 Å². The Balaban J connectivity index is 0.0000000994. The van der Waals surface area contributed by atoms with Crippen LogP contribution in [0.4, 0.5) is 0 Å². The average Bonchev–Trinajstić information content (AvgIpc) is 1.53. The summed E-state index contributed by atoms with van der Waals surface area (Å²) in [5.74, 6) is 0. The van der Waals surface area contributed by atoms with Crippen molar-refractivity contribution < 1.29 is 0 Å². The van der Waals surface area contributed by atoms with E-state index in [1.807, 2.05) is 0 Å². The first kappa shape index (κ1) is 53.9. The molecule has 93 heavy (non-hydrogen) atoms. The van der Waals surface area contributed by atoms with Gasteiger partial charge in [0, 0.05) is 0 Å².